The van der Waals surface area contributed by atoms with Gasteiger partial charge in [0.05, 0.1) is 4.92 Å². The lowest BCUT2D eigenvalue weighted by Gasteiger charge is -2.19. The number of amides is 2. The van der Waals surface area contributed by atoms with E-state index in [-0.39, 0.29) is 27.1 Å². The van der Waals surface area contributed by atoms with Crippen molar-refractivity contribution >= 4 is 52.5 Å². The third kappa shape index (κ3) is 5.79. The summed E-state index contributed by atoms with van der Waals surface area (Å²) in [5.74, 6) is -1.18. The summed E-state index contributed by atoms with van der Waals surface area (Å²) in [4.78, 5) is 35.9. The average Bonchev–Trinajstić information content (AvgIpc) is 2.63. The van der Waals surface area contributed by atoms with E-state index in [4.69, 9.17) is 23.2 Å². The highest BCUT2D eigenvalue weighted by Gasteiger charge is 2.25. The zero-order chi connectivity index (χ0) is 21.8. The van der Waals surface area contributed by atoms with Crippen LogP contribution in [-0.2, 0) is 9.59 Å². The molecule has 0 bridgehead atoms. The number of hydrogen-bond acceptors (Lipinski definition) is 4. The second-order valence-corrected chi connectivity index (χ2v) is 7.94. The van der Waals surface area contributed by atoms with E-state index in [1.54, 1.807) is 45.0 Å². The Morgan fingerprint density at radius 3 is 2.17 bits per heavy atom. The van der Waals surface area contributed by atoms with Crippen LogP contribution in [0, 0.1) is 15.5 Å². The van der Waals surface area contributed by atoms with Gasteiger partial charge in [-0.1, -0.05) is 62.2 Å². The summed E-state index contributed by atoms with van der Waals surface area (Å²) >= 11 is 12.3. The van der Waals surface area contributed by atoms with Crippen molar-refractivity contribution in [2.24, 2.45) is 5.41 Å². The summed E-state index contributed by atoms with van der Waals surface area (Å²) in [6.45, 7) is 5.05. The zero-order valence-corrected chi connectivity index (χ0v) is 17.5. The van der Waals surface area contributed by atoms with Crippen molar-refractivity contribution in [3.8, 4) is 0 Å². The van der Waals surface area contributed by atoms with Crippen molar-refractivity contribution in [3.05, 3.63) is 73.9 Å². The Bertz CT molecular complexity index is 977. The van der Waals surface area contributed by atoms with Crippen LogP contribution in [0.15, 0.2) is 48.2 Å². The molecule has 2 N–H and O–H groups in total. The van der Waals surface area contributed by atoms with Crippen molar-refractivity contribution in [1.29, 1.82) is 0 Å². The Labute approximate surface area is 177 Å². The molecule has 0 heterocycles. The molecule has 152 valence electrons. The van der Waals surface area contributed by atoms with Gasteiger partial charge < -0.3 is 10.6 Å². The number of carbonyl (C=O) groups excluding carboxylic acids is 2. The quantitative estimate of drug-likeness (QED) is 0.389. The van der Waals surface area contributed by atoms with Gasteiger partial charge in [-0.05, 0) is 24.3 Å². The van der Waals surface area contributed by atoms with Crippen LogP contribution >= 0.6 is 23.2 Å². The molecule has 0 spiro atoms. The highest BCUT2D eigenvalue weighted by molar-refractivity contribution is 6.37. The minimum Gasteiger partial charge on any atom is -0.321 e. The maximum Gasteiger partial charge on any atom is 0.292 e. The molecule has 7 nitrogen and oxygen atoms in total. The summed E-state index contributed by atoms with van der Waals surface area (Å²) in [5.41, 5.74) is -0.903. The lowest BCUT2D eigenvalue weighted by Crippen LogP contribution is -2.38. The molecule has 2 rings (SSSR count). The first-order valence-electron chi connectivity index (χ1n) is 8.52. The van der Waals surface area contributed by atoms with Crippen LogP contribution in [0.1, 0.15) is 26.3 Å². The van der Waals surface area contributed by atoms with Crippen LogP contribution in [0.5, 0.6) is 0 Å². The Kier molecular flexibility index (Phi) is 7.00. The Hall–Kier alpha value is -2.90. The predicted octanol–water partition coefficient (Wildman–Crippen LogP) is 5.04. The van der Waals surface area contributed by atoms with E-state index in [2.05, 4.69) is 10.6 Å². The fraction of sp³-hybridized carbons (Fsp3) is 0.200. The molecular formula is C20H19Cl2N3O4. The molecule has 0 atom stereocenters. The highest BCUT2D eigenvalue weighted by Crippen LogP contribution is 2.28. The molecule has 2 aromatic rings. The van der Waals surface area contributed by atoms with Crippen molar-refractivity contribution in [1.82, 2.24) is 5.32 Å². The van der Waals surface area contributed by atoms with E-state index in [1.807, 2.05) is 0 Å². The van der Waals surface area contributed by atoms with E-state index < -0.39 is 22.2 Å². The third-order valence-electron chi connectivity index (χ3n) is 3.81. The van der Waals surface area contributed by atoms with Gasteiger partial charge in [0.25, 0.3) is 11.6 Å². The molecule has 2 amide bonds. The zero-order valence-electron chi connectivity index (χ0n) is 16.0. The fourth-order valence-electron chi connectivity index (χ4n) is 2.19. The van der Waals surface area contributed by atoms with E-state index >= 15 is 0 Å². The maximum absolute atomic E-state index is 12.9. The number of anilines is 1. The third-order valence-corrected chi connectivity index (χ3v) is 4.47. The van der Waals surface area contributed by atoms with Gasteiger partial charge in [0.1, 0.15) is 11.4 Å². The lowest BCUT2D eigenvalue weighted by atomic mass is 9.95. The molecule has 0 radical (unpaired) electrons. The van der Waals surface area contributed by atoms with Crippen molar-refractivity contribution in [3.63, 3.8) is 0 Å². The number of para-hydroxylation sites is 2. The van der Waals surface area contributed by atoms with Crippen LogP contribution in [0.25, 0.3) is 6.08 Å². The maximum atomic E-state index is 12.9. The number of nitro groups is 1. The molecule has 0 fully saturated rings. The van der Waals surface area contributed by atoms with Crippen LogP contribution in [-0.4, -0.2) is 16.7 Å². The van der Waals surface area contributed by atoms with Gasteiger partial charge in [0.2, 0.25) is 5.91 Å². The van der Waals surface area contributed by atoms with Gasteiger partial charge in [0.15, 0.2) is 0 Å². The van der Waals surface area contributed by atoms with Crippen LogP contribution in [0.2, 0.25) is 10.0 Å². The summed E-state index contributed by atoms with van der Waals surface area (Å²) < 4.78 is 0. The molecule has 0 aromatic heterocycles. The number of nitrogens with one attached hydrogen (secondary N) is 2. The summed E-state index contributed by atoms with van der Waals surface area (Å²) in [6, 6.07) is 10.5. The van der Waals surface area contributed by atoms with Crippen LogP contribution in [0.3, 0.4) is 0 Å². The molecule has 0 aliphatic rings. The first-order chi connectivity index (χ1) is 13.5. The van der Waals surface area contributed by atoms with Gasteiger partial charge in [-0.3, -0.25) is 19.7 Å². The smallest absolute Gasteiger partial charge is 0.292 e. The van der Waals surface area contributed by atoms with Crippen LogP contribution in [0.4, 0.5) is 11.4 Å². The fourth-order valence-corrected chi connectivity index (χ4v) is 2.70. The summed E-state index contributed by atoms with van der Waals surface area (Å²) in [6.07, 6.45) is 1.33. The Morgan fingerprint density at radius 2 is 1.62 bits per heavy atom. The molecule has 0 saturated heterocycles. The summed E-state index contributed by atoms with van der Waals surface area (Å²) in [7, 11) is 0. The molecule has 2 aromatic carbocycles. The first kappa shape index (κ1) is 22.4. The Morgan fingerprint density at radius 1 is 1.03 bits per heavy atom. The Balaban J connectivity index is 2.47. The van der Waals surface area contributed by atoms with Crippen LogP contribution < -0.4 is 10.6 Å². The number of nitrogens with zero attached hydrogens (tertiary/aromatic N) is 1. The normalized spacial score (nSPS) is 11.7. The van der Waals surface area contributed by atoms with E-state index in [0.29, 0.717) is 5.56 Å². The van der Waals surface area contributed by atoms with Crippen molar-refractivity contribution in [2.45, 2.75) is 20.8 Å². The topological polar surface area (TPSA) is 101 Å². The molecular weight excluding hydrogens is 417 g/mol. The minimum atomic E-state index is -0.789. The number of hydrogen-bond donors (Lipinski definition) is 2. The summed E-state index contributed by atoms with van der Waals surface area (Å²) in [5, 5.41) is 16.8. The standard InChI is InChI=1S/C20H19Cl2N3O4/c1-20(2,3)19(27)24-16(11-12-13(21)7-6-8-14(12)22)18(26)23-15-9-4-5-10-17(15)25(28)29/h4-11H,1-3H3,(H,23,26)(H,24,27)/b16-11+. The van der Waals surface area contributed by atoms with Gasteiger partial charge in [-0.2, -0.15) is 0 Å². The number of carbonyl (C=O) groups is 2. The largest absolute Gasteiger partial charge is 0.321 e. The number of benzene rings is 2. The second-order valence-electron chi connectivity index (χ2n) is 7.13. The predicted molar refractivity (Wildman–Crippen MR) is 114 cm³/mol. The van der Waals surface area contributed by atoms with Crippen molar-refractivity contribution in [2.75, 3.05) is 5.32 Å². The SMILES string of the molecule is CC(C)(C)C(=O)N/C(=C/c1c(Cl)cccc1Cl)C(=O)Nc1ccccc1[N+](=O)[O-]. The van der Waals surface area contributed by atoms with Gasteiger partial charge in [-0.15, -0.1) is 0 Å². The molecule has 0 aliphatic heterocycles. The average molecular weight is 436 g/mol. The van der Waals surface area contributed by atoms with E-state index in [9.17, 15) is 19.7 Å². The van der Waals surface area contributed by atoms with Gasteiger partial charge in [0, 0.05) is 27.1 Å². The monoisotopic (exact) mass is 435 g/mol. The molecule has 0 saturated carbocycles. The van der Waals surface area contributed by atoms with E-state index in [0.717, 1.165) is 0 Å². The lowest BCUT2D eigenvalue weighted by molar-refractivity contribution is -0.383. The molecule has 0 aliphatic carbocycles. The van der Waals surface area contributed by atoms with Gasteiger partial charge >= 0.3 is 0 Å². The first-order valence-corrected chi connectivity index (χ1v) is 9.28. The van der Waals surface area contributed by atoms with Gasteiger partial charge in [-0.25, -0.2) is 0 Å². The van der Waals surface area contributed by atoms with Crippen molar-refractivity contribution < 1.29 is 14.5 Å². The number of nitro benzene ring substituents is 1. The number of rotatable bonds is 5. The molecule has 29 heavy (non-hydrogen) atoms. The number of halogens is 2. The molecule has 9 heteroatoms. The molecule has 0 unspecified atom stereocenters. The van der Waals surface area contributed by atoms with E-state index in [1.165, 1.54) is 24.3 Å². The minimum absolute atomic E-state index is 0.0105. The highest BCUT2D eigenvalue weighted by atomic mass is 35.5. The second kappa shape index (κ2) is 9.07.